The number of thiocarbonyl (C=S) groups is 1. The zero-order chi connectivity index (χ0) is 9.84. The van der Waals surface area contributed by atoms with Gasteiger partial charge in [-0.3, -0.25) is 4.79 Å². The topological polar surface area (TPSA) is 26.3 Å². The lowest BCUT2D eigenvalue weighted by Crippen LogP contribution is -1.96. The summed E-state index contributed by atoms with van der Waals surface area (Å²) < 4.78 is 4.87. The Hall–Kier alpha value is -0.930. The third-order valence-corrected chi connectivity index (χ3v) is 1.62. The highest BCUT2D eigenvalue weighted by Crippen LogP contribution is 2.13. The Balaban J connectivity index is 2.81. The van der Waals surface area contributed by atoms with Crippen LogP contribution in [0.25, 0.3) is 0 Å². The molecule has 68 valence electrons. The Morgan fingerprint density at radius 3 is 2.31 bits per heavy atom. The zero-order valence-electron chi connectivity index (χ0n) is 6.91. The highest BCUT2D eigenvalue weighted by molar-refractivity contribution is 7.82. The van der Waals surface area contributed by atoms with Gasteiger partial charge in [0.1, 0.15) is 5.75 Å². The van der Waals surface area contributed by atoms with Crippen molar-refractivity contribution < 1.29 is 9.53 Å². The maximum atomic E-state index is 10.9. The van der Waals surface area contributed by atoms with E-state index in [-0.39, 0.29) is 10.3 Å². The highest BCUT2D eigenvalue weighted by atomic mass is 35.5. The Labute approximate surface area is 86.5 Å². The first-order chi connectivity index (χ1) is 6.09. The molecule has 0 N–H and O–H groups in total. The molecule has 0 heterocycles. The number of halogens is 1. The van der Waals surface area contributed by atoms with E-state index in [1.807, 2.05) is 0 Å². The number of carbonyl (C=O) groups excluding carboxylic acids is 1. The van der Waals surface area contributed by atoms with E-state index in [1.165, 1.54) is 6.92 Å². The van der Waals surface area contributed by atoms with E-state index in [2.05, 4.69) is 12.2 Å². The minimum Gasteiger partial charge on any atom is -0.436 e. The van der Waals surface area contributed by atoms with E-state index < -0.39 is 0 Å². The standard InChI is InChI=1S/C9H7ClO2S/c1-6(11)7-2-4-8(5-3-7)12-9(10)13/h2-5H,1H3. The van der Waals surface area contributed by atoms with Gasteiger partial charge in [0.15, 0.2) is 5.78 Å². The second-order valence-electron chi connectivity index (χ2n) is 2.42. The van der Waals surface area contributed by atoms with Crippen LogP contribution in [-0.2, 0) is 0 Å². The van der Waals surface area contributed by atoms with Crippen LogP contribution in [0.15, 0.2) is 24.3 Å². The van der Waals surface area contributed by atoms with Crippen LogP contribution in [0.1, 0.15) is 17.3 Å². The van der Waals surface area contributed by atoms with Gasteiger partial charge in [-0.2, -0.15) is 0 Å². The second-order valence-corrected chi connectivity index (χ2v) is 3.36. The summed E-state index contributed by atoms with van der Waals surface area (Å²) in [5, 5.41) is 0. The number of ether oxygens (including phenoxy) is 1. The van der Waals surface area contributed by atoms with E-state index in [0.29, 0.717) is 11.3 Å². The molecule has 0 aliphatic rings. The molecule has 0 unspecified atom stereocenters. The number of Topliss-reactive ketones (excluding diaryl/α,β-unsaturated/α-hetero) is 1. The van der Waals surface area contributed by atoms with Crippen molar-refractivity contribution in [2.45, 2.75) is 6.92 Å². The Bertz CT molecular complexity index is 332. The predicted octanol–water partition coefficient (Wildman–Crippen LogP) is 2.79. The summed E-state index contributed by atoms with van der Waals surface area (Å²) in [5.41, 5.74) is 0.632. The van der Waals surface area contributed by atoms with E-state index >= 15 is 0 Å². The summed E-state index contributed by atoms with van der Waals surface area (Å²) in [5.74, 6) is 0.546. The van der Waals surface area contributed by atoms with Crippen LogP contribution >= 0.6 is 23.8 Å². The van der Waals surface area contributed by atoms with E-state index in [4.69, 9.17) is 16.3 Å². The molecule has 0 fully saturated rings. The fourth-order valence-electron chi connectivity index (χ4n) is 0.850. The fraction of sp³-hybridized carbons (Fsp3) is 0.111. The molecule has 0 aromatic heterocycles. The number of ketones is 1. The normalized spacial score (nSPS) is 9.38. The molecule has 0 bridgehead atoms. The van der Waals surface area contributed by atoms with Crippen LogP contribution in [0.5, 0.6) is 5.75 Å². The predicted molar refractivity (Wildman–Crippen MR) is 55.5 cm³/mol. The van der Waals surface area contributed by atoms with Crippen molar-refractivity contribution >= 4 is 34.1 Å². The van der Waals surface area contributed by atoms with Crippen molar-refractivity contribution in [3.63, 3.8) is 0 Å². The van der Waals surface area contributed by atoms with Gasteiger partial charge in [0.25, 0.3) is 4.51 Å². The lowest BCUT2D eigenvalue weighted by atomic mass is 10.1. The maximum Gasteiger partial charge on any atom is 0.260 e. The SMILES string of the molecule is CC(=O)c1ccc(OC(=S)Cl)cc1. The first kappa shape index (κ1) is 10.2. The molecule has 1 aromatic rings. The van der Waals surface area contributed by atoms with Crippen LogP contribution in [0, 0.1) is 0 Å². The first-order valence-electron chi connectivity index (χ1n) is 3.58. The summed E-state index contributed by atoms with van der Waals surface area (Å²) in [7, 11) is 0. The van der Waals surface area contributed by atoms with Gasteiger partial charge >= 0.3 is 0 Å². The molecule has 2 nitrogen and oxygen atoms in total. The lowest BCUT2D eigenvalue weighted by Gasteiger charge is -2.01. The fourth-order valence-corrected chi connectivity index (χ4v) is 1.04. The number of carbonyl (C=O) groups is 1. The van der Waals surface area contributed by atoms with Crippen LogP contribution in [0.3, 0.4) is 0 Å². The van der Waals surface area contributed by atoms with Gasteiger partial charge < -0.3 is 4.74 Å². The molecule has 13 heavy (non-hydrogen) atoms. The monoisotopic (exact) mass is 214 g/mol. The molecule has 0 aliphatic heterocycles. The molecular weight excluding hydrogens is 208 g/mol. The van der Waals surface area contributed by atoms with E-state index in [0.717, 1.165) is 0 Å². The van der Waals surface area contributed by atoms with Gasteiger partial charge in [0.05, 0.1) is 0 Å². The number of hydrogen-bond donors (Lipinski definition) is 0. The summed E-state index contributed by atoms with van der Waals surface area (Å²) in [4.78, 5) is 10.9. The van der Waals surface area contributed by atoms with Crippen molar-refractivity contribution in [2.24, 2.45) is 0 Å². The quantitative estimate of drug-likeness (QED) is 0.430. The van der Waals surface area contributed by atoms with Gasteiger partial charge in [0, 0.05) is 5.56 Å². The molecule has 0 aliphatic carbocycles. The number of rotatable bonds is 2. The maximum absolute atomic E-state index is 10.9. The van der Waals surface area contributed by atoms with E-state index in [1.54, 1.807) is 24.3 Å². The van der Waals surface area contributed by atoms with Crippen LogP contribution < -0.4 is 4.74 Å². The van der Waals surface area contributed by atoms with Crippen molar-refractivity contribution in [3.05, 3.63) is 29.8 Å². The van der Waals surface area contributed by atoms with Gasteiger partial charge in [-0.15, -0.1) is 0 Å². The summed E-state index contributed by atoms with van der Waals surface area (Å²) in [6, 6.07) is 6.61. The minimum absolute atomic E-state index is 0.0139. The molecule has 1 rings (SSSR count). The molecule has 0 atom stereocenters. The van der Waals surface area contributed by atoms with Crippen molar-refractivity contribution in [2.75, 3.05) is 0 Å². The molecule has 0 saturated heterocycles. The molecule has 0 saturated carbocycles. The molecule has 4 heteroatoms. The molecule has 0 radical (unpaired) electrons. The van der Waals surface area contributed by atoms with Crippen LogP contribution in [0.2, 0.25) is 0 Å². The summed E-state index contributed by atoms with van der Waals surface area (Å²) in [6.45, 7) is 1.50. The smallest absolute Gasteiger partial charge is 0.260 e. The molecule has 0 amide bonds. The summed E-state index contributed by atoms with van der Waals surface area (Å²) >= 11 is 9.90. The average molecular weight is 215 g/mol. The van der Waals surface area contributed by atoms with E-state index in [9.17, 15) is 4.79 Å². The largest absolute Gasteiger partial charge is 0.436 e. The Morgan fingerprint density at radius 1 is 1.38 bits per heavy atom. The minimum atomic E-state index is -0.0597. The number of benzene rings is 1. The Kier molecular flexibility index (Phi) is 3.39. The van der Waals surface area contributed by atoms with Gasteiger partial charge in [-0.05, 0) is 55.0 Å². The number of hydrogen-bond acceptors (Lipinski definition) is 3. The molecular formula is C9H7ClO2S. The third-order valence-electron chi connectivity index (χ3n) is 1.46. The van der Waals surface area contributed by atoms with Gasteiger partial charge in [-0.25, -0.2) is 0 Å². The second kappa shape index (κ2) is 4.35. The van der Waals surface area contributed by atoms with Crippen LogP contribution in [0.4, 0.5) is 0 Å². The highest BCUT2D eigenvalue weighted by Gasteiger charge is 2.00. The van der Waals surface area contributed by atoms with Crippen LogP contribution in [-0.4, -0.2) is 10.3 Å². The van der Waals surface area contributed by atoms with Crippen molar-refractivity contribution in [1.29, 1.82) is 0 Å². The molecule has 0 spiro atoms. The Morgan fingerprint density at radius 2 is 1.92 bits per heavy atom. The lowest BCUT2D eigenvalue weighted by molar-refractivity contribution is 0.101. The van der Waals surface area contributed by atoms with Gasteiger partial charge in [-0.1, -0.05) is 0 Å². The van der Waals surface area contributed by atoms with Crippen molar-refractivity contribution in [3.8, 4) is 5.75 Å². The van der Waals surface area contributed by atoms with Gasteiger partial charge in [0.2, 0.25) is 0 Å². The third kappa shape index (κ3) is 3.13. The van der Waals surface area contributed by atoms with Crippen molar-refractivity contribution in [1.82, 2.24) is 0 Å². The summed E-state index contributed by atoms with van der Waals surface area (Å²) in [6.07, 6.45) is 0. The molecule has 1 aromatic carbocycles. The average Bonchev–Trinajstić information content (AvgIpc) is 2.04. The first-order valence-corrected chi connectivity index (χ1v) is 4.36. The zero-order valence-corrected chi connectivity index (χ0v) is 8.48.